The van der Waals surface area contributed by atoms with Crippen LogP contribution in [0.5, 0.6) is 0 Å². The molecule has 0 atom stereocenters. The van der Waals surface area contributed by atoms with Gasteiger partial charge in [0.15, 0.2) is 0 Å². The first-order valence-electron chi connectivity index (χ1n) is 9.96. The Morgan fingerprint density at radius 2 is 1.47 bits per heavy atom. The number of benzene rings is 2. The van der Waals surface area contributed by atoms with Crippen LogP contribution in [-0.2, 0) is 5.75 Å². The Morgan fingerprint density at radius 1 is 0.875 bits per heavy atom. The highest BCUT2D eigenvalue weighted by atomic mass is 32.2. The maximum atomic E-state index is 10.8. The van der Waals surface area contributed by atoms with Crippen LogP contribution in [0, 0.1) is 10.1 Å². The quantitative estimate of drug-likeness (QED) is 0.198. The molecule has 0 amide bonds. The van der Waals surface area contributed by atoms with Gasteiger partial charge in [0, 0.05) is 42.0 Å². The molecule has 4 rings (SSSR count). The topological polar surface area (TPSA) is 124 Å². The van der Waals surface area contributed by atoms with Crippen LogP contribution in [0.2, 0.25) is 0 Å². The van der Waals surface area contributed by atoms with Crippen molar-refractivity contribution in [3.8, 4) is 22.9 Å². The van der Waals surface area contributed by atoms with E-state index in [1.807, 2.05) is 24.3 Å². The van der Waals surface area contributed by atoms with E-state index in [1.54, 1.807) is 12.1 Å². The fourth-order valence-corrected chi connectivity index (χ4v) is 3.67. The van der Waals surface area contributed by atoms with Crippen LogP contribution >= 0.6 is 11.8 Å². The molecule has 0 aliphatic heterocycles. The number of rotatable bonds is 9. The second kappa shape index (κ2) is 9.60. The lowest BCUT2D eigenvalue weighted by atomic mass is 10.2. The molecule has 0 saturated carbocycles. The molecular formula is C21H20N6O4S. The average Bonchev–Trinajstić information content (AvgIpc) is 3.49. The van der Waals surface area contributed by atoms with Gasteiger partial charge in [-0.2, -0.15) is 0 Å². The molecule has 10 nitrogen and oxygen atoms in total. The van der Waals surface area contributed by atoms with Gasteiger partial charge in [-0.25, -0.2) is 0 Å². The maximum Gasteiger partial charge on any atom is 0.277 e. The first kappa shape index (κ1) is 21.5. The zero-order valence-corrected chi connectivity index (χ0v) is 18.3. The normalized spacial score (nSPS) is 10.9. The molecule has 0 bridgehead atoms. The Bertz CT molecular complexity index is 1190. The predicted molar refractivity (Wildman–Crippen MR) is 119 cm³/mol. The summed E-state index contributed by atoms with van der Waals surface area (Å²) in [5, 5.41) is 27.3. The van der Waals surface area contributed by atoms with E-state index in [-0.39, 0.29) is 11.6 Å². The molecule has 0 unspecified atom stereocenters. The summed E-state index contributed by atoms with van der Waals surface area (Å²) >= 11 is 1.29. The number of hydrogen-bond acceptors (Lipinski definition) is 10. The zero-order valence-electron chi connectivity index (χ0n) is 17.5. The average molecular weight is 452 g/mol. The summed E-state index contributed by atoms with van der Waals surface area (Å²) in [6.07, 6.45) is 0. The third-order valence-corrected chi connectivity index (χ3v) is 5.56. The minimum absolute atomic E-state index is 0.000986. The summed E-state index contributed by atoms with van der Waals surface area (Å²) in [4.78, 5) is 12.6. The van der Waals surface area contributed by atoms with Gasteiger partial charge in [0.1, 0.15) is 0 Å². The number of nitro groups is 1. The number of nitro benzene ring substituents is 1. The zero-order chi connectivity index (χ0) is 22.5. The minimum Gasteiger partial charge on any atom is -0.420 e. The Morgan fingerprint density at radius 3 is 2.09 bits per heavy atom. The molecule has 0 spiro atoms. The Labute approximate surface area is 187 Å². The number of non-ortho nitro benzene ring substituents is 1. The standard InChI is InChI=1S/C21H20N6O4S/c1-3-26(4-2)16-9-5-15(6-10-16)20-24-25-21(31-20)32-13-18-22-23-19(30-18)14-7-11-17(12-8-14)27(28)29/h5-12H,3-4,13H2,1-2H3. The predicted octanol–water partition coefficient (Wildman–Crippen LogP) is 4.83. The first-order valence-corrected chi connectivity index (χ1v) is 10.9. The van der Waals surface area contributed by atoms with E-state index in [2.05, 4.69) is 39.1 Å². The number of hydrogen-bond donors (Lipinski definition) is 0. The van der Waals surface area contributed by atoms with E-state index in [9.17, 15) is 10.1 Å². The van der Waals surface area contributed by atoms with Gasteiger partial charge < -0.3 is 13.7 Å². The van der Waals surface area contributed by atoms with Crippen molar-refractivity contribution in [1.82, 2.24) is 20.4 Å². The van der Waals surface area contributed by atoms with E-state index in [4.69, 9.17) is 8.83 Å². The summed E-state index contributed by atoms with van der Waals surface area (Å²) in [5.74, 6) is 1.46. The monoisotopic (exact) mass is 452 g/mol. The summed E-state index contributed by atoms with van der Waals surface area (Å²) in [6.45, 7) is 6.13. The molecule has 0 fully saturated rings. The van der Waals surface area contributed by atoms with Gasteiger partial charge in [-0.3, -0.25) is 10.1 Å². The van der Waals surface area contributed by atoms with E-state index in [0.717, 1.165) is 24.3 Å². The fraction of sp³-hybridized carbons (Fsp3) is 0.238. The van der Waals surface area contributed by atoms with Gasteiger partial charge >= 0.3 is 0 Å². The Balaban J connectivity index is 1.38. The number of thioether (sulfide) groups is 1. The molecule has 0 N–H and O–H groups in total. The molecule has 2 aromatic carbocycles. The smallest absolute Gasteiger partial charge is 0.277 e. The molecular weight excluding hydrogens is 432 g/mol. The van der Waals surface area contributed by atoms with Crippen molar-refractivity contribution in [2.75, 3.05) is 18.0 Å². The molecule has 2 aromatic heterocycles. The van der Waals surface area contributed by atoms with Crippen molar-refractivity contribution < 1.29 is 13.8 Å². The highest BCUT2D eigenvalue weighted by Crippen LogP contribution is 2.28. The molecule has 4 aromatic rings. The van der Waals surface area contributed by atoms with Crippen molar-refractivity contribution in [1.29, 1.82) is 0 Å². The van der Waals surface area contributed by atoms with Gasteiger partial charge in [-0.05, 0) is 50.2 Å². The SMILES string of the molecule is CCN(CC)c1ccc(-c2nnc(SCc3nnc(-c4ccc([N+](=O)[O-])cc4)o3)o2)cc1. The molecule has 2 heterocycles. The van der Waals surface area contributed by atoms with Gasteiger partial charge in [0.05, 0.1) is 10.7 Å². The Kier molecular flexibility index (Phi) is 6.45. The molecule has 32 heavy (non-hydrogen) atoms. The minimum atomic E-state index is -0.461. The molecule has 0 radical (unpaired) electrons. The van der Waals surface area contributed by atoms with Gasteiger partial charge in [0.25, 0.3) is 10.9 Å². The molecule has 0 aliphatic rings. The lowest BCUT2D eigenvalue weighted by molar-refractivity contribution is -0.384. The molecule has 164 valence electrons. The van der Waals surface area contributed by atoms with Crippen molar-refractivity contribution in [2.45, 2.75) is 24.8 Å². The van der Waals surface area contributed by atoms with Crippen LogP contribution < -0.4 is 4.90 Å². The maximum absolute atomic E-state index is 10.8. The van der Waals surface area contributed by atoms with Gasteiger partial charge in [-0.1, -0.05) is 11.8 Å². The van der Waals surface area contributed by atoms with Crippen LogP contribution in [0.3, 0.4) is 0 Å². The summed E-state index contributed by atoms with van der Waals surface area (Å²) in [7, 11) is 0. The summed E-state index contributed by atoms with van der Waals surface area (Å²) in [5.41, 5.74) is 2.60. The van der Waals surface area contributed by atoms with Crippen molar-refractivity contribution in [3.63, 3.8) is 0 Å². The van der Waals surface area contributed by atoms with Crippen molar-refractivity contribution >= 4 is 23.1 Å². The van der Waals surface area contributed by atoms with Crippen LogP contribution in [0.1, 0.15) is 19.7 Å². The lowest BCUT2D eigenvalue weighted by Crippen LogP contribution is -2.21. The highest BCUT2D eigenvalue weighted by molar-refractivity contribution is 7.98. The van der Waals surface area contributed by atoms with Crippen molar-refractivity contribution in [2.24, 2.45) is 0 Å². The van der Waals surface area contributed by atoms with E-state index < -0.39 is 4.92 Å². The summed E-state index contributed by atoms with van der Waals surface area (Å²) < 4.78 is 11.4. The van der Waals surface area contributed by atoms with Crippen LogP contribution in [0.4, 0.5) is 11.4 Å². The molecule has 0 saturated heterocycles. The fourth-order valence-electron chi connectivity index (χ4n) is 3.07. The number of nitrogens with zero attached hydrogens (tertiary/aromatic N) is 6. The van der Waals surface area contributed by atoms with Gasteiger partial charge in [0.2, 0.25) is 17.7 Å². The third kappa shape index (κ3) is 4.78. The lowest BCUT2D eigenvalue weighted by Gasteiger charge is -2.20. The summed E-state index contributed by atoms with van der Waals surface area (Å²) in [6, 6.07) is 13.9. The van der Waals surface area contributed by atoms with Gasteiger partial charge in [-0.15, -0.1) is 20.4 Å². The second-order valence-electron chi connectivity index (χ2n) is 6.69. The largest absolute Gasteiger partial charge is 0.420 e. The van der Waals surface area contributed by atoms with E-state index in [0.29, 0.717) is 28.3 Å². The highest BCUT2D eigenvalue weighted by Gasteiger charge is 2.14. The first-order chi connectivity index (χ1) is 15.6. The van der Waals surface area contributed by atoms with E-state index in [1.165, 1.54) is 23.9 Å². The number of anilines is 1. The second-order valence-corrected chi connectivity index (χ2v) is 7.61. The molecule has 0 aliphatic carbocycles. The Hall–Kier alpha value is -3.73. The van der Waals surface area contributed by atoms with Crippen LogP contribution in [0.15, 0.2) is 62.6 Å². The van der Waals surface area contributed by atoms with Crippen LogP contribution in [-0.4, -0.2) is 38.4 Å². The number of aromatic nitrogens is 4. The molecule has 11 heteroatoms. The van der Waals surface area contributed by atoms with E-state index >= 15 is 0 Å². The third-order valence-electron chi connectivity index (χ3n) is 4.76. The van der Waals surface area contributed by atoms with Crippen molar-refractivity contribution in [3.05, 3.63) is 64.5 Å². The van der Waals surface area contributed by atoms with Crippen LogP contribution in [0.25, 0.3) is 22.9 Å².